The molecule has 0 atom stereocenters. The van der Waals surface area contributed by atoms with Gasteiger partial charge in [-0.15, -0.1) is 0 Å². The van der Waals surface area contributed by atoms with E-state index >= 15 is 0 Å². The van der Waals surface area contributed by atoms with Gasteiger partial charge in [0.05, 0.1) is 6.61 Å². The zero-order chi connectivity index (χ0) is 17.1. The van der Waals surface area contributed by atoms with Gasteiger partial charge in [0.25, 0.3) is 0 Å². The molecule has 0 aliphatic carbocycles. The number of nitrogens with zero attached hydrogens (tertiary/aromatic N) is 3. The number of nitrogens with one attached hydrogen (secondary N) is 1. The first-order valence-electron chi connectivity index (χ1n) is 6.69. The van der Waals surface area contributed by atoms with Crippen LogP contribution in [0.3, 0.4) is 0 Å². The first-order valence-corrected chi connectivity index (χ1v) is 6.69. The van der Waals surface area contributed by atoms with Crippen LogP contribution in [0.5, 0.6) is 0 Å². The molecule has 0 bridgehead atoms. The van der Waals surface area contributed by atoms with E-state index in [9.17, 15) is 9.59 Å². The molecule has 1 aromatic carbocycles. The van der Waals surface area contributed by atoms with E-state index in [1.165, 1.54) is 12.2 Å². The molecule has 1 rings (SSSR count). The highest BCUT2D eigenvalue weighted by Crippen LogP contribution is 2.14. The average Bonchev–Trinajstić information content (AvgIpc) is 2.54. The molecule has 0 spiro atoms. The van der Waals surface area contributed by atoms with Crippen LogP contribution in [0.4, 0.5) is 10.5 Å². The highest BCUT2D eigenvalue weighted by molar-refractivity contribution is 5.93. The second-order valence-electron chi connectivity index (χ2n) is 4.07. The van der Waals surface area contributed by atoms with Gasteiger partial charge in [-0.3, -0.25) is 5.32 Å². The Morgan fingerprint density at radius 2 is 2.04 bits per heavy atom. The minimum absolute atomic E-state index is 0.113. The lowest BCUT2D eigenvalue weighted by Crippen LogP contribution is -2.13. The Bertz CT molecular complexity index is 646. The monoisotopic (exact) mass is 316 g/mol. The summed E-state index contributed by atoms with van der Waals surface area (Å²) in [7, 11) is 0. The number of amides is 1. The second-order valence-corrected chi connectivity index (χ2v) is 4.07. The predicted molar refractivity (Wildman–Crippen MR) is 85.4 cm³/mol. The molecule has 0 radical (unpaired) electrons. The number of anilines is 1. The molecule has 0 aliphatic rings. The summed E-state index contributed by atoms with van der Waals surface area (Å²) in [5, 5.41) is 5.83. The van der Waals surface area contributed by atoms with Gasteiger partial charge in [-0.25, -0.2) is 9.59 Å². The molecule has 1 aromatic rings. The van der Waals surface area contributed by atoms with E-state index < -0.39 is 12.1 Å². The number of ether oxygens (including phenoxy) is 2. The van der Waals surface area contributed by atoms with Gasteiger partial charge in [0.1, 0.15) is 12.3 Å². The van der Waals surface area contributed by atoms with Crippen molar-refractivity contribution in [1.29, 1.82) is 0 Å². The van der Waals surface area contributed by atoms with Crippen molar-refractivity contribution in [2.75, 3.05) is 18.5 Å². The van der Waals surface area contributed by atoms with Crippen LogP contribution in [-0.4, -0.2) is 25.3 Å². The van der Waals surface area contributed by atoms with Crippen molar-refractivity contribution in [1.82, 2.24) is 0 Å². The molecule has 1 amide bonds. The van der Waals surface area contributed by atoms with E-state index in [0.717, 1.165) is 0 Å². The molecule has 0 saturated heterocycles. The van der Waals surface area contributed by atoms with Crippen LogP contribution in [0.25, 0.3) is 16.5 Å². The zero-order valence-electron chi connectivity index (χ0n) is 12.6. The Labute approximate surface area is 133 Å². The third-order valence-corrected chi connectivity index (χ3v) is 2.43. The van der Waals surface area contributed by atoms with Crippen molar-refractivity contribution >= 4 is 23.8 Å². The van der Waals surface area contributed by atoms with Crippen LogP contribution in [0.15, 0.2) is 47.7 Å². The van der Waals surface area contributed by atoms with E-state index in [0.29, 0.717) is 11.3 Å². The van der Waals surface area contributed by atoms with Crippen LogP contribution in [0, 0.1) is 0 Å². The maximum Gasteiger partial charge on any atom is 0.411 e. The fourth-order valence-corrected chi connectivity index (χ4v) is 1.49. The van der Waals surface area contributed by atoms with Gasteiger partial charge in [-0.05, 0) is 36.2 Å². The molecule has 0 unspecified atom stereocenters. The summed E-state index contributed by atoms with van der Waals surface area (Å²) in [5.74, 6) is -0.708. The predicted octanol–water partition coefficient (Wildman–Crippen LogP) is 3.64. The van der Waals surface area contributed by atoms with Crippen molar-refractivity contribution < 1.29 is 19.1 Å². The smallest absolute Gasteiger partial charge is 0.411 e. The van der Waals surface area contributed by atoms with Crippen LogP contribution in [0.2, 0.25) is 0 Å². The molecule has 120 valence electrons. The highest BCUT2D eigenvalue weighted by atomic mass is 16.5. The first kappa shape index (κ1) is 17.8. The third kappa shape index (κ3) is 6.36. The van der Waals surface area contributed by atoms with Crippen LogP contribution in [-0.2, 0) is 14.3 Å². The van der Waals surface area contributed by atoms with E-state index in [1.807, 2.05) is 0 Å². The van der Waals surface area contributed by atoms with Gasteiger partial charge in [0, 0.05) is 10.6 Å². The lowest BCUT2D eigenvalue weighted by molar-refractivity contribution is -0.138. The Morgan fingerprint density at radius 1 is 1.35 bits per heavy atom. The molecule has 0 aromatic heterocycles. The molecule has 0 saturated carbocycles. The van der Waals surface area contributed by atoms with Crippen LogP contribution >= 0.6 is 0 Å². The van der Waals surface area contributed by atoms with Crippen molar-refractivity contribution in [3.05, 3.63) is 58.6 Å². The first-order chi connectivity index (χ1) is 11.1. The fraction of sp³-hybridized carbons (Fsp3) is 0.200. The summed E-state index contributed by atoms with van der Waals surface area (Å²) in [6.07, 6.45) is 2.24. The number of carbonyl (C=O) groups excluding carboxylic acids is 2. The summed E-state index contributed by atoms with van der Waals surface area (Å²) in [4.78, 5) is 25.6. The van der Waals surface area contributed by atoms with Crippen LogP contribution < -0.4 is 5.32 Å². The standard InChI is InChI=1S/C15H16N4O4/c1-3-9-23-15(21)17-12-7-5-11(6-8-12)10-13(18-19-16)14(20)22-4-2/h3,5-8,10H,1,4,9H2,2H3,(H,17,21). The normalized spacial score (nSPS) is 10.2. The summed E-state index contributed by atoms with van der Waals surface area (Å²) in [6, 6.07) is 6.49. The highest BCUT2D eigenvalue weighted by Gasteiger charge is 2.08. The van der Waals surface area contributed by atoms with Gasteiger partial charge in [0.15, 0.2) is 0 Å². The average molecular weight is 316 g/mol. The maximum atomic E-state index is 11.6. The number of carbonyl (C=O) groups is 2. The lowest BCUT2D eigenvalue weighted by atomic mass is 10.2. The molecular formula is C15H16N4O4. The minimum atomic E-state index is -0.708. The third-order valence-electron chi connectivity index (χ3n) is 2.43. The lowest BCUT2D eigenvalue weighted by Gasteiger charge is -2.06. The zero-order valence-corrected chi connectivity index (χ0v) is 12.6. The van der Waals surface area contributed by atoms with Gasteiger partial charge in [-0.1, -0.05) is 29.9 Å². The maximum absolute atomic E-state index is 11.6. The topological polar surface area (TPSA) is 113 Å². The SMILES string of the molecule is C=CCOC(=O)Nc1ccc(C=C(N=[N+]=[N-])C(=O)OCC)cc1. The molecular weight excluding hydrogens is 300 g/mol. The number of rotatable bonds is 7. The Morgan fingerprint density at radius 3 is 2.61 bits per heavy atom. The van der Waals surface area contributed by atoms with Crippen LogP contribution in [0.1, 0.15) is 12.5 Å². The number of azide groups is 1. The molecule has 8 heteroatoms. The minimum Gasteiger partial charge on any atom is -0.462 e. The molecule has 0 aliphatic heterocycles. The van der Waals surface area contributed by atoms with Crippen molar-refractivity contribution in [2.24, 2.45) is 5.11 Å². The van der Waals surface area contributed by atoms with Crippen molar-refractivity contribution in [3.63, 3.8) is 0 Å². The largest absolute Gasteiger partial charge is 0.462 e. The van der Waals surface area contributed by atoms with Gasteiger partial charge < -0.3 is 9.47 Å². The summed E-state index contributed by atoms with van der Waals surface area (Å²) in [6.45, 7) is 5.37. The molecule has 0 heterocycles. The van der Waals surface area contributed by atoms with Crippen molar-refractivity contribution in [3.8, 4) is 0 Å². The summed E-state index contributed by atoms with van der Waals surface area (Å²) >= 11 is 0. The summed E-state index contributed by atoms with van der Waals surface area (Å²) < 4.78 is 9.57. The quantitative estimate of drug-likeness (QED) is 0.206. The Hall–Kier alpha value is -3.25. The Balaban J connectivity index is 2.83. The molecule has 23 heavy (non-hydrogen) atoms. The number of benzene rings is 1. The Kier molecular flexibility index (Phi) is 7.46. The van der Waals surface area contributed by atoms with Crippen molar-refractivity contribution in [2.45, 2.75) is 6.92 Å². The molecule has 8 nitrogen and oxygen atoms in total. The molecule has 0 fully saturated rings. The molecule has 1 N–H and O–H groups in total. The fourth-order valence-electron chi connectivity index (χ4n) is 1.49. The van der Waals surface area contributed by atoms with E-state index in [-0.39, 0.29) is 18.9 Å². The van der Waals surface area contributed by atoms with Gasteiger partial charge >= 0.3 is 12.1 Å². The van der Waals surface area contributed by atoms with Gasteiger partial charge in [-0.2, -0.15) is 0 Å². The number of hydrogen-bond acceptors (Lipinski definition) is 5. The van der Waals surface area contributed by atoms with E-state index in [1.54, 1.807) is 31.2 Å². The summed E-state index contributed by atoms with van der Waals surface area (Å²) in [5.41, 5.74) is 9.45. The number of esters is 1. The van der Waals surface area contributed by atoms with E-state index in [4.69, 9.17) is 15.0 Å². The second kappa shape index (κ2) is 9.64. The van der Waals surface area contributed by atoms with Gasteiger partial charge in [0.2, 0.25) is 0 Å². The number of hydrogen-bond donors (Lipinski definition) is 1. The van der Waals surface area contributed by atoms with E-state index in [2.05, 4.69) is 21.9 Å².